The van der Waals surface area contributed by atoms with Gasteiger partial charge in [0.25, 0.3) is 5.91 Å². The predicted molar refractivity (Wildman–Crippen MR) is 113 cm³/mol. The Morgan fingerprint density at radius 1 is 1.10 bits per heavy atom. The SMILES string of the molecule is O=C(Cn1cnc2ccccc21)N/N=C\c1ccc(-c2nc3ccccc3s2)o1. The molecule has 5 aromatic rings. The summed E-state index contributed by atoms with van der Waals surface area (Å²) in [4.78, 5) is 21.0. The molecule has 0 aliphatic carbocycles. The fraction of sp³-hybridized carbons (Fsp3) is 0.0476. The van der Waals surface area contributed by atoms with Crippen molar-refractivity contribution in [2.75, 3.05) is 0 Å². The van der Waals surface area contributed by atoms with Gasteiger partial charge in [0.2, 0.25) is 0 Å². The first-order chi connectivity index (χ1) is 14.3. The molecule has 0 fully saturated rings. The smallest absolute Gasteiger partial charge is 0.260 e. The molecule has 0 aliphatic heterocycles. The molecule has 5 rings (SSSR count). The van der Waals surface area contributed by atoms with Crippen molar-refractivity contribution in [1.29, 1.82) is 0 Å². The van der Waals surface area contributed by atoms with Crippen LogP contribution in [-0.4, -0.2) is 26.7 Å². The molecule has 3 aromatic heterocycles. The van der Waals surface area contributed by atoms with Gasteiger partial charge in [-0.15, -0.1) is 11.3 Å². The Hall–Kier alpha value is -3.78. The Kier molecular flexibility index (Phi) is 4.38. The van der Waals surface area contributed by atoms with Crippen molar-refractivity contribution in [3.05, 3.63) is 72.8 Å². The minimum absolute atomic E-state index is 0.132. The number of amides is 1. The van der Waals surface area contributed by atoms with Crippen LogP contribution in [0.1, 0.15) is 5.76 Å². The molecule has 0 spiro atoms. The number of carbonyl (C=O) groups excluding carboxylic acids is 1. The third-order valence-corrected chi connectivity index (χ3v) is 5.40. The summed E-state index contributed by atoms with van der Waals surface area (Å²) in [5.74, 6) is 0.957. The average Bonchev–Trinajstić information content (AvgIpc) is 3.46. The molecule has 29 heavy (non-hydrogen) atoms. The van der Waals surface area contributed by atoms with E-state index in [4.69, 9.17) is 4.42 Å². The molecule has 0 saturated carbocycles. The number of aromatic nitrogens is 3. The highest BCUT2D eigenvalue weighted by Crippen LogP contribution is 2.30. The molecule has 0 atom stereocenters. The Balaban J connectivity index is 1.24. The lowest BCUT2D eigenvalue weighted by molar-refractivity contribution is -0.121. The number of carbonyl (C=O) groups is 1. The summed E-state index contributed by atoms with van der Waals surface area (Å²) in [5.41, 5.74) is 5.21. The minimum Gasteiger partial charge on any atom is -0.453 e. The molecule has 7 nitrogen and oxygen atoms in total. The topological polar surface area (TPSA) is 85.3 Å². The monoisotopic (exact) mass is 401 g/mol. The Morgan fingerprint density at radius 3 is 2.83 bits per heavy atom. The first-order valence-corrected chi connectivity index (χ1v) is 9.75. The fourth-order valence-electron chi connectivity index (χ4n) is 3.01. The van der Waals surface area contributed by atoms with Gasteiger partial charge in [0.05, 0.1) is 33.8 Å². The summed E-state index contributed by atoms with van der Waals surface area (Å²) in [6, 6.07) is 19.2. The van der Waals surface area contributed by atoms with Gasteiger partial charge in [0.15, 0.2) is 10.8 Å². The van der Waals surface area contributed by atoms with Crippen LogP contribution in [-0.2, 0) is 11.3 Å². The van der Waals surface area contributed by atoms with E-state index in [1.54, 1.807) is 28.3 Å². The molecule has 1 amide bonds. The van der Waals surface area contributed by atoms with Crippen molar-refractivity contribution in [2.24, 2.45) is 5.10 Å². The summed E-state index contributed by atoms with van der Waals surface area (Å²) >= 11 is 1.57. The molecule has 3 heterocycles. The number of nitrogens with zero attached hydrogens (tertiary/aromatic N) is 4. The van der Waals surface area contributed by atoms with Crippen LogP contribution in [0.4, 0.5) is 0 Å². The lowest BCUT2D eigenvalue weighted by Gasteiger charge is -2.02. The fourth-order valence-corrected chi connectivity index (χ4v) is 3.94. The van der Waals surface area contributed by atoms with Gasteiger partial charge in [-0.3, -0.25) is 4.79 Å². The van der Waals surface area contributed by atoms with Crippen LogP contribution in [0.25, 0.3) is 32.0 Å². The predicted octanol–water partition coefficient (Wildman–Crippen LogP) is 4.06. The number of fused-ring (bicyclic) bond motifs is 2. The zero-order valence-electron chi connectivity index (χ0n) is 15.1. The number of furan rings is 1. The van der Waals surface area contributed by atoms with Gasteiger partial charge in [-0.2, -0.15) is 5.10 Å². The van der Waals surface area contributed by atoms with Crippen LogP contribution in [0.3, 0.4) is 0 Å². The standard InChI is InChI=1S/C21H15N5O2S/c27-20(12-26-13-22-15-5-1-3-7-17(15)26)25-23-11-14-9-10-18(28-14)21-24-16-6-2-4-8-19(16)29-21/h1-11,13H,12H2,(H,25,27)/b23-11-. The second kappa shape index (κ2) is 7.33. The Labute approximate surface area is 169 Å². The van der Waals surface area contributed by atoms with Crippen molar-refractivity contribution in [2.45, 2.75) is 6.54 Å². The zero-order valence-corrected chi connectivity index (χ0v) is 16.0. The van der Waals surface area contributed by atoms with Gasteiger partial charge in [0, 0.05) is 0 Å². The molecule has 0 unspecified atom stereocenters. The van der Waals surface area contributed by atoms with E-state index in [9.17, 15) is 4.79 Å². The molecule has 1 N–H and O–H groups in total. The van der Waals surface area contributed by atoms with Gasteiger partial charge in [-0.05, 0) is 36.4 Å². The molecular weight excluding hydrogens is 386 g/mol. The zero-order chi connectivity index (χ0) is 19.6. The summed E-state index contributed by atoms with van der Waals surface area (Å²) in [6.45, 7) is 0.132. The number of benzene rings is 2. The molecule has 0 radical (unpaired) electrons. The van der Waals surface area contributed by atoms with Gasteiger partial charge in [0.1, 0.15) is 12.3 Å². The number of thiazole rings is 1. The summed E-state index contributed by atoms with van der Waals surface area (Å²) in [7, 11) is 0. The Morgan fingerprint density at radius 2 is 1.93 bits per heavy atom. The molecule has 0 aliphatic rings. The van der Waals surface area contributed by atoms with E-state index >= 15 is 0 Å². The lowest BCUT2D eigenvalue weighted by Crippen LogP contribution is -2.22. The average molecular weight is 401 g/mol. The van der Waals surface area contributed by atoms with E-state index in [0.29, 0.717) is 11.5 Å². The van der Waals surface area contributed by atoms with Crippen LogP contribution in [0.5, 0.6) is 0 Å². The minimum atomic E-state index is -0.248. The number of rotatable bonds is 5. The van der Waals surface area contributed by atoms with E-state index < -0.39 is 0 Å². The van der Waals surface area contributed by atoms with E-state index in [1.807, 2.05) is 54.6 Å². The van der Waals surface area contributed by atoms with E-state index in [1.165, 1.54) is 6.21 Å². The van der Waals surface area contributed by atoms with Gasteiger partial charge >= 0.3 is 0 Å². The highest BCUT2D eigenvalue weighted by molar-refractivity contribution is 7.21. The maximum absolute atomic E-state index is 12.2. The molecular formula is C21H15N5O2S. The molecule has 0 saturated heterocycles. The lowest BCUT2D eigenvalue weighted by atomic mass is 10.3. The normalized spacial score (nSPS) is 11.6. The molecule has 142 valence electrons. The molecule has 0 bridgehead atoms. The van der Waals surface area contributed by atoms with E-state index in [2.05, 4.69) is 20.5 Å². The van der Waals surface area contributed by atoms with Crippen LogP contribution in [0.2, 0.25) is 0 Å². The van der Waals surface area contributed by atoms with Gasteiger partial charge in [-0.25, -0.2) is 15.4 Å². The maximum Gasteiger partial charge on any atom is 0.260 e. The highest BCUT2D eigenvalue weighted by atomic mass is 32.1. The van der Waals surface area contributed by atoms with Crippen LogP contribution < -0.4 is 5.43 Å². The van der Waals surface area contributed by atoms with Crippen molar-refractivity contribution in [3.8, 4) is 10.8 Å². The maximum atomic E-state index is 12.2. The van der Waals surface area contributed by atoms with Crippen molar-refractivity contribution in [1.82, 2.24) is 20.0 Å². The van der Waals surface area contributed by atoms with Crippen molar-refractivity contribution < 1.29 is 9.21 Å². The second-order valence-corrected chi connectivity index (χ2v) is 7.37. The number of hydrogen-bond donors (Lipinski definition) is 1. The van der Waals surface area contributed by atoms with Gasteiger partial charge in [-0.1, -0.05) is 24.3 Å². The third-order valence-electron chi connectivity index (χ3n) is 4.35. The van der Waals surface area contributed by atoms with E-state index in [0.717, 1.165) is 26.3 Å². The van der Waals surface area contributed by atoms with Gasteiger partial charge < -0.3 is 8.98 Å². The molecule has 8 heteroatoms. The van der Waals surface area contributed by atoms with Crippen LogP contribution in [0, 0.1) is 0 Å². The quantitative estimate of drug-likeness (QED) is 0.356. The number of imidazole rings is 1. The first kappa shape index (κ1) is 17.3. The number of hydrogen-bond acceptors (Lipinski definition) is 6. The van der Waals surface area contributed by atoms with Crippen LogP contribution >= 0.6 is 11.3 Å². The van der Waals surface area contributed by atoms with Crippen molar-refractivity contribution >= 4 is 44.7 Å². The summed E-state index contributed by atoms with van der Waals surface area (Å²) < 4.78 is 8.66. The number of para-hydroxylation sites is 3. The van der Waals surface area contributed by atoms with E-state index in [-0.39, 0.29) is 12.5 Å². The number of hydrazone groups is 1. The largest absolute Gasteiger partial charge is 0.453 e. The highest BCUT2D eigenvalue weighted by Gasteiger charge is 2.10. The molecule has 2 aromatic carbocycles. The summed E-state index contributed by atoms with van der Waals surface area (Å²) in [6.07, 6.45) is 3.12. The van der Waals surface area contributed by atoms with Crippen LogP contribution in [0.15, 0.2) is 76.5 Å². The Bertz CT molecular complexity index is 1310. The van der Waals surface area contributed by atoms with Crippen molar-refractivity contribution in [3.63, 3.8) is 0 Å². The number of nitrogens with one attached hydrogen (secondary N) is 1. The first-order valence-electron chi connectivity index (χ1n) is 8.94. The second-order valence-electron chi connectivity index (χ2n) is 6.34. The third kappa shape index (κ3) is 3.53. The summed E-state index contributed by atoms with van der Waals surface area (Å²) in [5, 5.41) is 4.79.